The summed E-state index contributed by atoms with van der Waals surface area (Å²) < 4.78 is 1.49. The van der Waals surface area contributed by atoms with Gasteiger partial charge in [-0.3, -0.25) is 9.69 Å². The number of carbonyl (C=O) groups is 1. The van der Waals surface area contributed by atoms with Crippen molar-refractivity contribution in [3.05, 3.63) is 59.4 Å². The lowest BCUT2D eigenvalue weighted by molar-refractivity contribution is 0.0455. The Morgan fingerprint density at radius 1 is 1.15 bits per heavy atom. The lowest BCUT2D eigenvalue weighted by atomic mass is 9.91. The van der Waals surface area contributed by atoms with Gasteiger partial charge in [-0.25, -0.2) is 9.67 Å². The maximum atomic E-state index is 12.9. The molecule has 0 spiro atoms. The number of aryl methyl sites for hydroxylation is 1. The molecular formula is C25H26N6O2. The van der Waals surface area contributed by atoms with E-state index in [1.165, 1.54) is 30.1 Å². The molecule has 33 heavy (non-hydrogen) atoms. The molecule has 1 aliphatic heterocycles. The second-order valence-corrected chi connectivity index (χ2v) is 8.77. The number of rotatable bonds is 4. The van der Waals surface area contributed by atoms with Crippen molar-refractivity contribution in [1.29, 1.82) is 5.26 Å². The fraction of sp³-hybridized carbons (Fsp3) is 0.360. The fourth-order valence-electron chi connectivity index (χ4n) is 4.55. The molecule has 0 radical (unpaired) electrons. The minimum atomic E-state index is -0.000446. The minimum Gasteiger partial charge on any atom is -0.504 e. The summed E-state index contributed by atoms with van der Waals surface area (Å²) in [6.07, 6.45) is 6.96. The molecule has 0 atom stereocenters. The van der Waals surface area contributed by atoms with Crippen LogP contribution in [-0.4, -0.2) is 67.8 Å². The van der Waals surface area contributed by atoms with Crippen LogP contribution in [-0.2, 0) is 0 Å². The second kappa shape index (κ2) is 8.68. The van der Waals surface area contributed by atoms with E-state index in [4.69, 9.17) is 5.26 Å². The largest absolute Gasteiger partial charge is 0.504 e. The molecule has 1 saturated carbocycles. The van der Waals surface area contributed by atoms with Gasteiger partial charge in [-0.2, -0.15) is 10.4 Å². The van der Waals surface area contributed by atoms with Crippen LogP contribution < -0.4 is 0 Å². The number of piperazine rings is 1. The molecule has 8 heteroatoms. The Kier molecular flexibility index (Phi) is 5.56. The van der Waals surface area contributed by atoms with Crippen LogP contribution in [0.5, 0.6) is 5.75 Å². The Labute approximate surface area is 192 Å². The molecule has 5 rings (SSSR count). The number of aromatic hydroxyl groups is 1. The Morgan fingerprint density at radius 3 is 2.55 bits per heavy atom. The Hall–Kier alpha value is -3.70. The minimum absolute atomic E-state index is 0.000446. The highest BCUT2D eigenvalue weighted by atomic mass is 16.3. The molecule has 8 nitrogen and oxygen atoms in total. The van der Waals surface area contributed by atoms with Crippen molar-refractivity contribution in [2.45, 2.75) is 32.2 Å². The smallest absolute Gasteiger partial charge is 0.255 e. The summed E-state index contributed by atoms with van der Waals surface area (Å²) in [5, 5.41) is 24.0. The molecule has 1 aliphatic carbocycles. The van der Waals surface area contributed by atoms with Gasteiger partial charge in [0, 0.05) is 44.0 Å². The predicted octanol–water partition coefficient (Wildman–Crippen LogP) is 3.13. The standard InChI is InChI=1S/C25H26N6O2/c1-17-13-18(14-26)5-7-21(17)24-22(32)16-31(28-24)23-8-6-19(15-27-23)25(33)30-11-9-29(10-12-30)20-3-2-4-20/h5-8,13,15-16,20,32H,2-4,9-12H2,1H3. The van der Waals surface area contributed by atoms with Gasteiger partial charge in [0.2, 0.25) is 0 Å². The molecule has 3 heterocycles. The van der Waals surface area contributed by atoms with Gasteiger partial charge in [-0.05, 0) is 49.6 Å². The maximum Gasteiger partial charge on any atom is 0.255 e. The summed E-state index contributed by atoms with van der Waals surface area (Å²) in [6.45, 7) is 5.24. The molecule has 2 aromatic heterocycles. The molecule has 1 saturated heterocycles. The van der Waals surface area contributed by atoms with Crippen LogP contribution in [0.3, 0.4) is 0 Å². The highest BCUT2D eigenvalue weighted by Gasteiger charge is 2.29. The van der Waals surface area contributed by atoms with Crippen LogP contribution in [0, 0.1) is 18.3 Å². The first-order valence-corrected chi connectivity index (χ1v) is 11.3. The first kappa shape index (κ1) is 21.2. The average Bonchev–Trinajstić information content (AvgIpc) is 3.19. The highest BCUT2D eigenvalue weighted by molar-refractivity contribution is 5.94. The SMILES string of the molecule is Cc1cc(C#N)ccc1-c1nn(-c2ccc(C(=O)N3CCN(C4CCC4)CC3)cn2)cc1O. The number of nitriles is 1. The summed E-state index contributed by atoms with van der Waals surface area (Å²) >= 11 is 0. The van der Waals surface area contributed by atoms with Crippen molar-refractivity contribution >= 4 is 5.91 Å². The lowest BCUT2D eigenvalue weighted by Gasteiger charge is -2.42. The number of aromatic nitrogens is 3. The molecule has 0 unspecified atom stereocenters. The van der Waals surface area contributed by atoms with Crippen molar-refractivity contribution < 1.29 is 9.90 Å². The van der Waals surface area contributed by atoms with Gasteiger partial charge >= 0.3 is 0 Å². The maximum absolute atomic E-state index is 12.9. The second-order valence-electron chi connectivity index (χ2n) is 8.77. The van der Waals surface area contributed by atoms with E-state index in [0.29, 0.717) is 28.7 Å². The normalized spacial score (nSPS) is 16.9. The summed E-state index contributed by atoms with van der Waals surface area (Å²) in [5.74, 6) is 0.530. The monoisotopic (exact) mass is 442 g/mol. The topological polar surface area (TPSA) is 98.3 Å². The predicted molar refractivity (Wildman–Crippen MR) is 123 cm³/mol. The number of carbonyl (C=O) groups excluding carboxylic acids is 1. The van der Waals surface area contributed by atoms with Gasteiger partial charge in [0.1, 0.15) is 5.69 Å². The van der Waals surface area contributed by atoms with E-state index in [9.17, 15) is 9.90 Å². The van der Waals surface area contributed by atoms with E-state index in [1.807, 2.05) is 11.8 Å². The van der Waals surface area contributed by atoms with Crippen molar-refractivity contribution in [3.8, 4) is 28.9 Å². The number of hydrogen-bond acceptors (Lipinski definition) is 6. The van der Waals surface area contributed by atoms with Gasteiger partial charge in [-0.1, -0.05) is 12.5 Å². The zero-order valence-corrected chi connectivity index (χ0v) is 18.6. The van der Waals surface area contributed by atoms with Gasteiger partial charge in [0.05, 0.1) is 23.4 Å². The molecule has 2 aliphatic rings. The van der Waals surface area contributed by atoms with Crippen molar-refractivity contribution in [3.63, 3.8) is 0 Å². The lowest BCUT2D eigenvalue weighted by Crippen LogP contribution is -2.53. The molecular weight excluding hydrogens is 416 g/mol. The van der Waals surface area contributed by atoms with Crippen molar-refractivity contribution in [2.24, 2.45) is 0 Å². The van der Waals surface area contributed by atoms with E-state index in [2.05, 4.69) is 21.1 Å². The van der Waals surface area contributed by atoms with Crippen LogP contribution in [0.1, 0.15) is 40.7 Å². The summed E-state index contributed by atoms with van der Waals surface area (Å²) in [7, 11) is 0. The number of amides is 1. The Bertz CT molecular complexity index is 1210. The quantitative estimate of drug-likeness (QED) is 0.667. The van der Waals surface area contributed by atoms with Gasteiger partial charge in [-0.15, -0.1) is 0 Å². The van der Waals surface area contributed by atoms with Gasteiger partial charge < -0.3 is 10.0 Å². The number of pyridine rings is 1. The van der Waals surface area contributed by atoms with Crippen LogP contribution in [0.2, 0.25) is 0 Å². The zero-order valence-electron chi connectivity index (χ0n) is 18.6. The van der Waals surface area contributed by atoms with Crippen LogP contribution in [0.15, 0.2) is 42.7 Å². The van der Waals surface area contributed by atoms with Gasteiger partial charge in [0.15, 0.2) is 11.6 Å². The third-order valence-electron chi connectivity index (χ3n) is 6.73. The fourth-order valence-corrected chi connectivity index (χ4v) is 4.55. The number of benzene rings is 1. The van der Waals surface area contributed by atoms with Crippen molar-refractivity contribution in [2.75, 3.05) is 26.2 Å². The van der Waals surface area contributed by atoms with Crippen LogP contribution >= 0.6 is 0 Å². The number of hydrogen-bond donors (Lipinski definition) is 1. The van der Waals surface area contributed by atoms with E-state index >= 15 is 0 Å². The van der Waals surface area contributed by atoms with Gasteiger partial charge in [0.25, 0.3) is 5.91 Å². The summed E-state index contributed by atoms with van der Waals surface area (Å²) in [4.78, 5) is 21.7. The highest BCUT2D eigenvalue weighted by Crippen LogP contribution is 2.31. The van der Waals surface area contributed by atoms with E-state index in [1.54, 1.807) is 36.5 Å². The molecule has 1 N–H and O–H groups in total. The first-order valence-electron chi connectivity index (χ1n) is 11.3. The molecule has 0 bridgehead atoms. The van der Waals surface area contributed by atoms with Crippen LogP contribution in [0.4, 0.5) is 0 Å². The molecule has 1 amide bonds. The van der Waals surface area contributed by atoms with Crippen LogP contribution in [0.25, 0.3) is 17.1 Å². The van der Waals surface area contributed by atoms with E-state index in [-0.39, 0.29) is 11.7 Å². The molecule has 1 aromatic carbocycles. The first-order chi connectivity index (χ1) is 16.0. The Morgan fingerprint density at radius 2 is 1.94 bits per heavy atom. The summed E-state index contributed by atoms with van der Waals surface area (Å²) in [6, 6.07) is 11.6. The molecule has 2 fully saturated rings. The third-order valence-corrected chi connectivity index (χ3v) is 6.73. The molecule has 3 aromatic rings. The third kappa shape index (κ3) is 4.08. The Balaban J connectivity index is 1.29. The van der Waals surface area contributed by atoms with E-state index in [0.717, 1.165) is 37.3 Å². The van der Waals surface area contributed by atoms with E-state index < -0.39 is 0 Å². The average molecular weight is 443 g/mol. The zero-order chi connectivity index (χ0) is 22.9. The number of nitrogens with zero attached hydrogens (tertiary/aromatic N) is 6. The van der Waals surface area contributed by atoms with Crippen molar-refractivity contribution in [1.82, 2.24) is 24.6 Å². The summed E-state index contributed by atoms with van der Waals surface area (Å²) in [5.41, 5.74) is 3.12. The molecule has 168 valence electrons.